The minimum atomic E-state index is -0.452. The van der Waals surface area contributed by atoms with Gasteiger partial charge in [0.1, 0.15) is 11.5 Å². The monoisotopic (exact) mass is 312 g/mol. The Morgan fingerprint density at radius 1 is 1.26 bits per heavy atom. The quantitative estimate of drug-likeness (QED) is 0.725. The van der Waals surface area contributed by atoms with E-state index in [4.69, 9.17) is 0 Å². The predicted octanol–water partition coefficient (Wildman–Crippen LogP) is 5.54. The third kappa shape index (κ3) is 2.26. The standard InChI is InChI=1S/C21H28O2/c1-4-5-11-17(19(23)15-9-7-6-8-10-15)21-13-12-16(14-18(21)22)20(21,2)3/h6-10,16,23H,4-5,11-14H2,1-3H3. The molecule has 0 spiro atoms. The fraction of sp³-hybridized carbons (Fsp3) is 0.571. The fourth-order valence-electron chi connectivity index (χ4n) is 5.04. The molecule has 2 aliphatic rings. The van der Waals surface area contributed by atoms with Gasteiger partial charge in [-0.15, -0.1) is 0 Å². The highest BCUT2D eigenvalue weighted by atomic mass is 16.3. The van der Waals surface area contributed by atoms with Crippen LogP contribution in [-0.4, -0.2) is 10.9 Å². The summed E-state index contributed by atoms with van der Waals surface area (Å²) in [5.41, 5.74) is 1.34. The third-order valence-electron chi connectivity index (χ3n) is 6.52. The van der Waals surface area contributed by atoms with Crippen molar-refractivity contribution in [3.63, 3.8) is 0 Å². The number of hydrogen-bond donors (Lipinski definition) is 1. The topological polar surface area (TPSA) is 37.3 Å². The van der Waals surface area contributed by atoms with Crippen LogP contribution >= 0.6 is 0 Å². The van der Waals surface area contributed by atoms with E-state index in [-0.39, 0.29) is 5.41 Å². The van der Waals surface area contributed by atoms with Crippen LogP contribution in [0, 0.1) is 16.7 Å². The van der Waals surface area contributed by atoms with Crippen LogP contribution in [0.3, 0.4) is 0 Å². The van der Waals surface area contributed by atoms with E-state index in [2.05, 4.69) is 20.8 Å². The second-order valence-corrected chi connectivity index (χ2v) is 7.79. The van der Waals surface area contributed by atoms with E-state index in [0.717, 1.165) is 43.2 Å². The highest BCUT2D eigenvalue weighted by molar-refractivity contribution is 5.94. The minimum Gasteiger partial charge on any atom is -0.507 e. The van der Waals surface area contributed by atoms with Gasteiger partial charge in [0, 0.05) is 12.0 Å². The highest BCUT2D eigenvalue weighted by Gasteiger charge is 2.65. The lowest BCUT2D eigenvalue weighted by molar-refractivity contribution is -0.127. The molecule has 124 valence electrons. The number of aliphatic hydroxyl groups is 1. The zero-order valence-corrected chi connectivity index (χ0v) is 14.6. The van der Waals surface area contributed by atoms with Crippen molar-refractivity contribution >= 4 is 11.5 Å². The number of unbranched alkanes of at least 4 members (excludes halogenated alkanes) is 1. The van der Waals surface area contributed by atoms with Gasteiger partial charge in [-0.1, -0.05) is 57.5 Å². The van der Waals surface area contributed by atoms with Crippen molar-refractivity contribution < 1.29 is 9.90 Å². The molecule has 0 radical (unpaired) electrons. The lowest BCUT2D eigenvalue weighted by atomic mass is 9.62. The number of benzene rings is 1. The number of hydrogen-bond acceptors (Lipinski definition) is 2. The molecule has 23 heavy (non-hydrogen) atoms. The summed E-state index contributed by atoms with van der Waals surface area (Å²) in [5, 5.41) is 11.1. The Morgan fingerprint density at radius 2 is 1.96 bits per heavy atom. The molecule has 1 N–H and O–H groups in total. The Labute approximate surface area is 139 Å². The zero-order valence-electron chi connectivity index (χ0n) is 14.6. The molecule has 2 bridgehead atoms. The number of rotatable bonds is 5. The average molecular weight is 312 g/mol. The van der Waals surface area contributed by atoms with Gasteiger partial charge in [0.15, 0.2) is 0 Å². The number of fused-ring (bicyclic) bond motifs is 2. The van der Waals surface area contributed by atoms with Gasteiger partial charge in [0.2, 0.25) is 0 Å². The maximum absolute atomic E-state index is 13.0. The smallest absolute Gasteiger partial charge is 0.144 e. The van der Waals surface area contributed by atoms with E-state index >= 15 is 0 Å². The summed E-state index contributed by atoms with van der Waals surface area (Å²) in [5.74, 6) is 1.17. The van der Waals surface area contributed by atoms with Crippen molar-refractivity contribution in [2.75, 3.05) is 0 Å². The number of allylic oxidation sites excluding steroid dienone is 1. The van der Waals surface area contributed by atoms with Crippen LogP contribution in [-0.2, 0) is 4.79 Å². The summed E-state index contributed by atoms with van der Waals surface area (Å²) in [6.07, 6.45) is 5.60. The van der Waals surface area contributed by atoms with Crippen LogP contribution in [0.15, 0.2) is 35.9 Å². The molecule has 2 unspecified atom stereocenters. The third-order valence-corrected chi connectivity index (χ3v) is 6.52. The summed E-state index contributed by atoms with van der Waals surface area (Å²) >= 11 is 0. The summed E-state index contributed by atoms with van der Waals surface area (Å²) < 4.78 is 0. The molecule has 0 amide bonds. The maximum atomic E-state index is 13.0. The van der Waals surface area contributed by atoms with Gasteiger partial charge in [-0.3, -0.25) is 4.79 Å². The van der Waals surface area contributed by atoms with E-state index < -0.39 is 5.41 Å². The molecule has 1 aromatic rings. The number of aliphatic hydroxyl groups excluding tert-OH is 1. The van der Waals surface area contributed by atoms with Crippen molar-refractivity contribution in [2.24, 2.45) is 16.7 Å². The molecule has 2 atom stereocenters. The molecule has 2 saturated carbocycles. The first kappa shape index (κ1) is 16.3. The summed E-state index contributed by atoms with van der Waals surface area (Å²) in [4.78, 5) is 13.0. The first-order valence-electron chi connectivity index (χ1n) is 8.96. The number of carbonyl (C=O) groups is 1. The molecule has 1 aromatic carbocycles. The molecule has 0 heterocycles. The Balaban J connectivity index is 2.15. The zero-order chi connectivity index (χ0) is 16.7. The average Bonchev–Trinajstić information content (AvgIpc) is 2.91. The largest absolute Gasteiger partial charge is 0.507 e. The molecule has 2 heteroatoms. The second kappa shape index (κ2) is 5.81. The second-order valence-electron chi connectivity index (χ2n) is 7.79. The minimum absolute atomic E-state index is 0.0457. The highest BCUT2D eigenvalue weighted by Crippen LogP contribution is 2.68. The van der Waals surface area contributed by atoms with Crippen LogP contribution < -0.4 is 0 Å². The number of carbonyl (C=O) groups excluding carboxylic acids is 1. The Bertz CT molecular complexity index is 627. The molecule has 2 fully saturated rings. The normalized spacial score (nSPS) is 29.7. The van der Waals surface area contributed by atoms with E-state index in [0.29, 0.717) is 23.9 Å². The molecule has 0 aliphatic heterocycles. The molecule has 2 nitrogen and oxygen atoms in total. The SMILES string of the molecule is CCCCC(=C(O)c1ccccc1)C12CCC(CC1=O)C2(C)C. The van der Waals surface area contributed by atoms with Crippen molar-refractivity contribution in [3.8, 4) is 0 Å². The van der Waals surface area contributed by atoms with Gasteiger partial charge in [-0.25, -0.2) is 0 Å². The van der Waals surface area contributed by atoms with Crippen molar-refractivity contribution in [2.45, 2.75) is 59.3 Å². The van der Waals surface area contributed by atoms with Gasteiger partial charge in [-0.2, -0.15) is 0 Å². The summed E-state index contributed by atoms with van der Waals surface area (Å²) in [6.45, 7) is 6.63. The van der Waals surface area contributed by atoms with Crippen LogP contribution in [0.1, 0.15) is 64.9 Å². The van der Waals surface area contributed by atoms with E-state index in [1.165, 1.54) is 0 Å². The van der Waals surface area contributed by atoms with Crippen LogP contribution in [0.4, 0.5) is 0 Å². The van der Waals surface area contributed by atoms with Gasteiger partial charge in [-0.05, 0) is 42.6 Å². The molecular formula is C21H28O2. The van der Waals surface area contributed by atoms with Crippen LogP contribution in [0.5, 0.6) is 0 Å². The predicted molar refractivity (Wildman–Crippen MR) is 94.1 cm³/mol. The molecule has 3 rings (SSSR count). The lowest BCUT2D eigenvalue weighted by Gasteiger charge is -2.39. The first-order chi connectivity index (χ1) is 10.9. The number of ketones is 1. The van der Waals surface area contributed by atoms with E-state index in [1.54, 1.807) is 0 Å². The molecule has 0 aromatic heterocycles. The molecule has 2 aliphatic carbocycles. The Hall–Kier alpha value is -1.57. The van der Waals surface area contributed by atoms with Gasteiger partial charge in [0.05, 0.1) is 5.41 Å². The van der Waals surface area contributed by atoms with E-state index in [9.17, 15) is 9.90 Å². The van der Waals surface area contributed by atoms with Crippen molar-refractivity contribution in [1.82, 2.24) is 0 Å². The van der Waals surface area contributed by atoms with Crippen LogP contribution in [0.25, 0.3) is 5.76 Å². The van der Waals surface area contributed by atoms with E-state index in [1.807, 2.05) is 30.3 Å². The molecule has 0 saturated heterocycles. The Morgan fingerprint density at radius 3 is 2.48 bits per heavy atom. The lowest BCUT2D eigenvalue weighted by Crippen LogP contribution is -2.38. The van der Waals surface area contributed by atoms with Crippen LogP contribution in [0.2, 0.25) is 0 Å². The maximum Gasteiger partial charge on any atom is 0.144 e. The fourth-order valence-corrected chi connectivity index (χ4v) is 5.04. The van der Waals surface area contributed by atoms with Gasteiger partial charge < -0.3 is 5.11 Å². The summed E-state index contributed by atoms with van der Waals surface area (Å²) in [6, 6.07) is 9.73. The molecular weight excluding hydrogens is 284 g/mol. The summed E-state index contributed by atoms with van der Waals surface area (Å²) in [7, 11) is 0. The van der Waals surface area contributed by atoms with Gasteiger partial charge >= 0.3 is 0 Å². The number of Topliss-reactive ketones (excluding diaryl/α,β-unsaturated/α-hetero) is 1. The van der Waals surface area contributed by atoms with Crippen molar-refractivity contribution in [1.29, 1.82) is 0 Å². The Kier molecular flexibility index (Phi) is 4.12. The first-order valence-corrected chi connectivity index (χ1v) is 8.96. The van der Waals surface area contributed by atoms with Gasteiger partial charge in [0.25, 0.3) is 0 Å². The van der Waals surface area contributed by atoms with Crippen molar-refractivity contribution in [3.05, 3.63) is 41.5 Å².